The molecule has 0 amide bonds. The first-order valence-corrected chi connectivity index (χ1v) is 5.90. The molecule has 0 spiro atoms. The lowest BCUT2D eigenvalue weighted by Gasteiger charge is -2.36. The van der Waals surface area contributed by atoms with Crippen LogP contribution in [0.15, 0.2) is 24.3 Å². The summed E-state index contributed by atoms with van der Waals surface area (Å²) >= 11 is 0. The van der Waals surface area contributed by atoms with Crippen molar-refractivity contribution in [1.29, 1.82) is 5.26 Å². The van der Waals surface area contributed by atoms with E-state index in [0.717, 1.165) is 0 Å². The Bertz CT molecular complexity index is 487. The fourth-order valence-electron chi connectivity index (χ4n) is 1.96. The second kappa shape index (κ2) is 4.33. The van der Waals surface area contributed by atoms with Crippen LogP contribution in [-0.4, -0.2) is 13.2 Å². The van der Waals surface area contributed by atoms with E-state index >= 15 is 0 Å². The minimum absolute atomic E-state index is 0.0310. The predicted octanol–water partition coefficient (Wildman–Crippen LogP) is 3.23. The first-order chi connectivity index (χ1) is 8.42. The minimum Gasteiger partial charge on any atom is -0.377 e. The van der Waals surface area contributed by atoms with Crippen LogP contribution in [0.2, 0.25) is 0 Å². The lowest BCUT2D eigenvalue weighted by molar-refractivity contribution is -0.0524. The van der Waals surface area contributed by atoms with Gasteiger partial charge in [-0.25, -0.2) is 8.78 Å². The highest BCUT2D eigenvalue weighted by molar-refractivity contribution is 5.39. The highest BCUT2D eigenvalue weighted by Gasteiger charge is 2.42. The Kier molecular flexibility index (Phi) is 3.12. The van der Waals surface area contributed by atoms with E-state index < -0.39 is 17.3 Å². The van der Waals surface area contributed by atoms with E-state index in [9.17, 15) is 14.0 Å². The van der Waals surface area contributed by atoms with Gasteiger partial charge in [0.2, 0.25) is 0 Å². The number of benzene rings is 1. The molecule has 2 rings (SSSR count). The van der Waals surface area contributed by atoms with E-state index in [1.807, 2.05) is 0 Å². The Labute approximate surface area is 105 Å². The third kappa shape index (κ3) is 1.89. The van der Waals surface area contributed by atoms with Gasteiger partial charge in [0, 0.05) is 11.5 Å². The van der Waals surface area contributed by atoms with Crippen LogP contribution in [0.25, 0.3) is 0 Å². The van der Waals surface area contributed by atoms with Gasteiger partial charge < -0.3 is 4.74 Å². The molecule has 1 fully saturated rings. The lowest BCUT2D eigenvalue weighted by Crippen LogP contribution is -2.45. The van der Waals surface area contributed by atoms with Crippen LogP contribution in [0, 0.1) is 17.2 Å². The maximum Gasteiger partial charge on any atom is 0.275 e. The van der Waals surface area contributed by atoms with E-state index in [-0.39, 0.29) is 18.8 Å². The van der Waals surface area contributed by atoms with E-state index in [2.05, 4.69) is 6.07 Å². The van der Waals surface area contributed by atoms with E-state index in [0.29, 0.717) is 5.56 Å². The molecule has 0 atom stereocenters. The van der Waals surface area contributed by atoms with Crippen molar-refractivity contribution in [2.24, 2.45) is 5.92 Å². The largest absolute Gasteiger partial charge is 0.377 e. The molecule has 0 aromatic heterocycles. The van der Waals surface area contributed by atoms with Crippen LogP contribution in [0.3, 0.4) is 0 Å². The van der Waals surface area contributed by atoms with Crippen molar-refractivity contribution in [3.63, 3.8) is 0 Å². The van der Waals surface area contributed by atoms with Gasteiger partial charge in [0.1, 0.15) is 5.41 Å². The van der Waals surface area contributed by atoms with Gasteiger partial charge in [0.15, 0.2) is 0 Å². The summed E-state index contributed by atoms with van der Waals surface area (Å²) in [5.74, 6) is -3.65. The molecule has 1 saturated heterocycles. The average Bonchev–Trinajstić information content (AvgIpc) is 2.28. The molecule has 0 radical (unpaired) electrons. The smallest absolute Gasteiger partial charge is 0.275 e. The van der Waals surface area contributed by atoms with Crippen LogP contribution >= 0.6 is 0 Å². The molecule has 18 heavy (non-hydrogen) atoms. The van der Waals surface area contributed by atoms with Crippen molar-refractivity contribution in [3.05, 3.63) is 35.4 Å². The van der Waals surface area contributed by atoms with Crippen LogP contribution < -0.4 is 0 Å². The van der Waals surface area contributed by atoms with Crippen LogP contribution in [0.5, 0.6) is 0 Å². The monoisotopic (exact) mass is 251 g/mol. The number of rotatable bonds is 3. The SMILES string of the molecule is CC(C)C(F)(F)c1cccc(C2(C#N)COC2)c1. The van der Waals surface area contributed by atoms with Crippen molar-refractivity contribution in [3.8, 4) is 6.07 Å². The lowest BCUT2D eigenvalue weighted by atomic mass is 9.79. The molecule has 1 aromatic carbocycles. The molecule has 96 valence electrons. The van der Waals surface area contributed by atoms with Gasteiger partial charge in [-0.1, -0.05) is 32.0 Å². The topological polar surface area (TPSA) is 33.0 Å². The Morgan fingerprint density at radius 2 is 2.06 bits per heavy atom. The summed E-state index contributed by atoms with van der Waals surface area (Å²) in [6, 6.07) is 8.31. The summed E-state index contributed by atoms with van der Waals surface area (Å²) in [4.78, 5) is 0. The van der Waals surface area contributed by atoms with E-state index in [4.69, 9.17) is 4.74 Å². The van der Waals surface area contributed by atoms with Gasteiger partial charge in [-0.2, -0.15) is 5.26 Å². The highest BCUT2D eigenvalue weighted by atomic mass is 19.3. The molecule has 1 heterocycles. The van der Waals surface area contributed by atoms with Gasteiger partial charge in [0.25, 0.3) is 5.92 Å². The molecule has 4 heteroatoms. The van der Waals surface area contributed by atoms with Gasteiger partial charge in [-0.15, -0.1) is 0 Å². The maximum atomic E-state index is 14.0. The predicted molar refractivity (Wildman–Crippen MR) is 63.3 cm³/mol. The Hall–Kier alpha value is -1.47. The average molecular weight is 251 g/mol. The second-order valence-corrected chi connectivity index (χ2v) is 5.05. The maximum absolute atomic E-state index is 14.0. The molecule has 1 aliphatic rings. The van der Waals surface area contributed by atoms with Crippen molar-refractivity contribution >= 4 is 0 Å². The van der Waals surface area contributed by atoms with Gasteiger partial charge in [-0.3, -0.25) is 0 Å². The number of ether oxygens (including phenoxy) is 1. The molecule has 1 aromatic rings. The first-order valence-electron chi connectivity index (χ1n) is 5.90. The number of hydrogen-bond donors (Lipinski definition) is 0. The molecule has 0 saturated carbocycles. The summed E-state index contributed by atoms with van der Waals surface area (Å²) in [6.45, 7) is 3.53. The Morgan fingerprint density at radius 3 is 2.50 bits per heavy atom. The zero-order chi connectivity index (χ0) is 13.4. The summed E-state index contributed by atoms with van der Waals surface area (Å²) < 4.78 is 33.0. The zero-order valence-electron chi connectivity index (χ0n) is 10.4. The zero-order valence-corrected chi connectivity index (χ0v) is 10.4. The third-order valence-electron chi connectivity index (χ3n) is 3.44. The van der Waals surface area contributed by atoms with Crippen LogP contribution in [0.4, 0.5) is 8.78 Å². The normalized spacial score (nSPS) is 18.2. The standard InChI is InChI=1S/C14H15F2NO/c1-10(2)14(15,16)12-5-3-4-11(6-12)13(7-17)8-18-9-13/h3-6,10H,8-9H2,1-2H3. The van der Waals surface area contributed by atoms with Crippen LogP contribution in [-0.2, 0) is 16.1 Å². The number of nitrogens with zero attached hydrogens (tertiary/aromatic N) is 1. The van der Waals surface area contributed by atoms with Crippen molar-refractivity contribution in [1.82, 2.24) is 0 Å². The van der Waals surface area contributed by atoms with Crippen molar-refractivity contribution in [2.75, 3.05) is 13.2 Å². The molecular weight excluding hydrogens is 236 g/mol. The number of alkyl halides is 2. The fraction of sp³-hybridized carbons (Fsp3) is 0.500. The van der Waals surface area contributed by atoms with Crippen molar-refractivity contribution < 1.29 is 13.5 Å². The highest BCUT2D eigenvalue weighted by Crippen LogP contribution is 2.39. The Morgan fingerprint density at radius 1 is 1.39 bits per heavy atom. The Balaban J connectivity index is 2.40. The second-order valence-electron chi connectivity index (χ2n) is 5.05. The molecule has 1 aliphatic heterocycles. The third-order valence-corrected chi connectivity index (χ3v) is 3.44. The summed E-state index contributed by atoms with van der Waals surface area (Å²) in [6.07, 6.45) is 0. The van der Waals surface area contributed by atoms with Gasteiger partial charge in [-0.05, 0) is 11.6 Å². The summed E-state index contributed by atoms with van der Waals surface area (Å²) in [5, 5.41) is 9.18. The molecule has 0 aliphatic carbocycles. The van der Waals surface area contributed by atoms with Gasteiger partial charge >= 0.3 is 0 Å². The number of halogens is 2. The number of hydrogen-bond acceptors (Lipinski definition) is 2. The fourth-order valence-corrected chi connectivity index (χ4v) is 1.96. The van der Waals surface area contributed by atoms with E-state index in [1.54, 1.807) is 12.1 Å². The first kappa shape index (κ1) is 13.0. The van der Waals surface area contributed by atoms with Gasteiger partial charge in [0.05, 0.1) is 19.3 Å². The molecular formula is C14H15F2NO. The van der Waals surface area contributed by atoms with E-state index in [1.165, 1.54) is 26.0 Å². The quantitative estimate of drug-likeness (QED) is 0.826. The van der Waals surface area contributed by atoms with Crippen molar-refractivity contribution in [2.45, 2.75) is 25.2 Å². The minimum atomic E-state index is -2.88. The number of nitriles is 1. The molecule has 2 nitrogen and oxygen atoms in total. The molecule has 0 N–H and O–H groups in total. The van der Waals surface area contributed by atoms with Crippen LogP contribution in [0.1, 0.15) is 25.0 Å². The molecule has 0 bridgehead atoms. The summed E-state index contributed by atoms with van der Waals surface area (Å²) in [7, 11) is 0. The summed E-state index contributed by atoms with van der Waals surface area (Å²) in [5.41, 5.74) is -0.158. The molecule has 0 unspecified atom stereocenters.